The minimum Gasteiger partial charge on any atom is -0.298 e. The third-order valence-corrected chi connectivity index (χ3v) is 4.45. The fourth-order valence-corrected chi connectivity index (χ4v) is 3.59. The standard InChI is InChI=1S/C15H10Cl2N2OS/c1-8-4-2-3-5-10(8)14(20)19-15-18-13-11(17)6-9(16)7-12(13)21-15/h2-7H,1H3,(H,18,19,20). The van der Waals surface area contributed by atoms with Crippen LogP contribution in [-0.2, 0) is 0 Å². The zero-order valence-electron chi connectivity index (χ0n) is 11.0. The van der Waals surface area contributed by atoms with Gasteiger partial charge in [-0.3, -0.25) is 10.1 Å². The third-order valence-electron chi connectivity index (χ3n) is 3.02. The van der Waals surface area contributed by atoms with E-state index in [-0.39, 0.29) is 5.91 Å². The van der Waals surface area contributed by atoms with Crippen molar-refractivity contribution in [3.05, 3.63) is 57.6 Å². The van der Waals surface area contributed by atoms with E-state index in [4.69, 9.17) is 23.2 Å². The fraction of sp³-hybridized carbons (Fsp3) is 0.0667. The van der Waals surface area contributed by atoms with Crippen molar-refractivity contribution in [1.29, 1.82) is 0 Å². The van der Waals surface area contributed by atoms with Crippen LogP contribution in [0.25, 0.3) is 10.2 Å². The first-order chi connectivity index (χ1) is 10.0. The van der Waals surface area contributed by atoms with Gasteiger partial charge in [0, 0.05) is 10.6 Å². The van der Waals surface area contributed by atoms with Gasteiger partial charge in [0.05, 0.1) is 9.72 Å². The van der Waals surface area contributed by atoms with Gasteiger partial charge < -0.3 is 0 Å². The minimum absolute atomic E-state index is 0.186. The van der Waals surface area contributed by atoms with Gasteiger partial charge in [-0.1, -0.05) is 52.7 Å². The summed E-state index contributed by atoms with van der Waals surface area (Å²) in [5, 5.41) is 4.33. The van der Waals surface area contributed by atoms with Crippen molar-refractivity contribution in [1.82, 2.24) is 4.98 Å². The van der Waals surface area contributed by atoms with Gasteiger partial charge in [0.25, 0.3) is 5.91 Å². The number of nitrogens with one attached hydrogen (secondary N) is 1. The van der Waals surface area contributed by atoms with Crippen molar-refractivity contribution >= 4 is 55.8 Å². The molecule has 106 valence electrons. The Balaban J connectivity index is 1.94. The predicted octanol–water partition coefficient (Wildman–Crippen LogP) is 5.16. The van der Waals surface area contributed by atoms with Crippen molar-refractivity contribution in [3.63, 3.8) is 0 Å². The molecule has 3 nitrogen and oxygen atoms in total. The summed E-state index contributed by atoms with van der Waals surface area (Å²) in [5.74, 6) is -0.186. The molecule has 1 N–H and O–H groups in total. The van der Waals surface area contributed by atoms with Crippen molar-refractivity contribution in [3.8, 4) is 0 Å². The number of anilines is 1. The molecule has 0 aliphatic heterocycles. The van der Waals surface area contributed by atoms with E-state index in [2.05, 4.69) is 10.3 Å². The molecule has 0 aliphatic rings. The Labute approximate surface area is 135 Å². The summed E-state index contributed by atoms with van der Waals surface area (Å²) in [7, 11) is 0. The Morgan fingerprint density at radius 2 is 2.00 bits per heavy atom. The predicted molar refractivity (Wildman–Crippen MR) is 88.8 cm³/mol. The Morgan fingerprint density at radius 1 is 1.24 bits per heavy atom. The first-order valence-electron chi connectivity index (χ1n) is 6.17. The highest BCUT2D eigenvalue weighted by Gasteiger charge is 2.13. The van der Waals surface area contributed by atoms with Crippen molar-refractivity contribution < 1.29 is 4.79 Å². The highest BCUT2D eigenvalue weighted by Crippen LogP contribution is 2.33. The van der Waals surface area contributed by atoms with E-state index in [9.17, 15) is 4.79 Å². The maximum Gasteiger partial charge on any atom is 0.257 e. The molecule has 3 aromatic rings. The van der Waals surface area contributed by atoms with Gasteiger partial charge in [0.1, 0.15) is 5.52 Å². The zero-order valence-corrected chi connectivity index (χ0v) is 13.3. The normalized spacial score (nSPS) is 10.8. The van der Waals surface area contributed by atoms with Gasteiger partial charge in [-0.25, -0.2) is 4.98 Å². The van der Waals surface area contributed by atoms with Gasteiger partial charge in [-0.2, -0.15) is 0 Å². The maximum atomic E-state index is 12.3. The Hall–Kier alpha value is -1.62. The number of nitrogens with zero attached hydrogens (tertiary/aromatic N) is 1. The summed E-state index contributed by atoms with van der Waals surface area (Å²) >= 11 is 13.4. The number of aryl methyl sites for hydroxylation is 1. The number of hydrogen-bond donors (Lipinski definition) is 1. The van der Waals surface area contributed by atoms with E-state index in [1.54, 1.807) is 18.2 Å². The van der Waals surface area contributed by atoms with Gasteiger partial charge >= 0.3 is 0 Å². The molecule has 0 saturated heterocycles. The third kappa shape index (κ3) is 2.88. The lowest BCUT2D eigenvalue weighted by molar-refractivity contribution is 0.102. The monoisotopic (exact) mass is 336 g/mol. The summed E-state index contributed by atoms with van der Waals surface area (Å²) in [6, 6.07) is 10.8. The summed E-state index contributed by atoms with van der Waals surface area (Å²) in [6.45, 7) is 1.89. The van der Waals surface area contributed by atoms with E-state index >= 15 is 0 Å². The summed E-state index contributed by atoms with van der Waals surface area (Å²) < 4.78 is 0.840. The number of aromatic nitrogens is 1. The zero-order chi connectivity index (χ0) is 15.0. The van der Waals surface area contributed by atoms with Crippen LogP contribution in [0.2, 0.25) is 10.0 Å². The average Bonchev–Trinajstić information content (AvgIpc) is 2.81. The quantitative estimate of drug-likeness (QED) is 0.701. The molecule has 1 amide bonds. The van der Waals surface area contributed by atoms with Crippen LogP contribution < -0.4 is 5.32 Å². The number of rotatable bonds is 2. The molecule has 0 radical (unpaired) electrons. The molecule has 1 aromatic heterocycles. The molecule has 0 fully saturated rings. The molecule has 0 unspecified atom stereocenters. The number of hydrogen-bond acceptors (Lipinski definition) is 3. The van der Waals surface area contributed by atoms with Crippen LogP contribution in [0.3, 0.4) is 0 Å². The minimum atomic E-state index is -0.186. The maximum absolute atomic E-state index is 12.3. The molecule has 0 spiro atoms. The van der Waals surface area contributed by atoms with Crippen molar-refractivity contribution in [2.75, 3.05) is 5.32 Å². The molecule has 2 aromatic carbocycles. The number of benzene rings is 2. The largest absolute Gasteiger partial charge is 0.298 e. The van der Waals surface area contributed by atoms with Crippen LogP contribution in [0.5, 0.6) is 0 Å². The van der Waals surface area contributed by atoms with E-state index in [1.807, 2.05) is 25.1 Å². The van der Waals surface area contributed by atoms with E-state index in [0.29, 0.717) is 26.3 Å². The van der Waals surface area contributed by atoms with Crippen molar-refractivity contribution in [2.24, 2.45) is 0 Å². The van der Waals surface area contributed by atoms with Crippen LogP contribution >= 0.6 is 34.5 Å². The SMILES string of the molecule is Cc1ccccc1C(=O)Nc1nc2c(Cl)cc(Cl)cc2s1. The summed E-state index contributed by atoms with van der Waals surface area (Å²) in [5.41, 5.74) is 2.18. The highest BCUT2D eigenvalue weighted by molar-refractivity contribution is 7.22. The number of amides is 1. The number of carbonyl (C=O) groups is 1. The van der Waals surface area contributed by atoms with Gasteiger partial charge in [-0.05, 0) is 30.7 Å². The molecule has 1 heterocycles. The second-order valence-electron chi connectivity index (χ2n) is 4.52. The number of thiazole rings is 1. The molecule has 0 saturated carbocycles. The highest BCUT2D eigenvalue weighted by atomic mass is 35.5. The second-order valence-corrected chi connectivity index (χ2v) is 6.40. The lowest BCUT2D eigenvalue weighted by atomic mass is 10.1. The first-order valence-corrected chi connectivity index (χ1v) is 7.74. The van der Waals surface area contributed by atoms with Crippen molar-refractivity contribution in [2.45, 2.75) is 6.92 Å². The number of fused-ring (bicyclic) bond motifs is 1. The number of carbonyl (C=O) groups excluding carboxylic acids is 1. The molecular weight excluding hydrogens is 327 g/mol. The van der Waals surface area contributed by atoms with Crippen LogP contribution in [0.4, 0.5) is 5.13 Å². The smallest absolute Gasteiger partial charge is 0.257 e. The summed E-state index contributed by atoms with van der Waals surface area (Å²) in [6.07, 6.45) is 0. The molecule has 0 atom stereocenters. The average molecular weight is 337 g/mol. The van der Waals surface area contributed by atoms with E-state index < -0.39 is 0 Å². The Bertz CT molecular complexity index is 845. The second kappa shape index (κ2) is 5.64. The molecule has 0 aliphatic carbocycles. The van der Waals surface area contributed by atoms with Gasteiger partial charge in [0.2, 0.25) is 0 Å². The molecule has 0 bridgehead atoms. The number of halogens is 2. The molecular formula is C15H10Cl2N2OS. The Morgan fingerprint density at radius 3 is 2.76 bits per heavy atom. The molecule has 6 heteroatoms. The lowest BCUT2D eigenvalue weighted by Crippen LogP contribution is -2.12. The van der Waals surface area contributed by atoms with Crippen LogP contribution in [0.1, 0.15) is 15.9 Å². The topological polar surface area (TPSA) is 42.0 Å². The van der Waals surface area contributed by atoms with Crippen LogP contribution in [0, 0.1) is 6.92 Å². The van der Waals surface area contributed by atoms with Crippen LogP contribution in [0.15, 0.2) is 36.4 Å². The first kappa shape index (κ1) is 14.3. The fourth-order valence-electron chi connectivity index (χ4n) is 2.00. The summed E-state index contributed by atoms with van der Waals surface area (Å²) in [4.78, 5) is 16.6. The van der Waals surface area contributed by atoms with Crippen LogP contribution in [-0.4, -0.2) is 10.9 Å². The van der Waals surface area contributed by atoms with Gasteiger partial charge in [0.15, 0.2) is 5.13 Å². The lowest BCUT2D eigenvalue weighted by Gasteiger charge is -2.04. The van der Waals surface area contributed by atoms with E-state index in [1.165, 1.54) is 11.3 Å². The van der Waals surface area contributed by atoms with Gasteiger partial charge in [-0.15, -0.1) is 0 Å². The Kier molecular flexibility index (Phi) is 3.85. The molecule has 3 rings (SSSR count). The van der Waals surface area contributed by atoms with E-state index in [0.717, 1.165) is 10.3 Å². The molecule has 21 heavy (non-hydrogen) atoms.